The molecule has 374 valence electrons. The van der Waals surface area contributed by atoms with E-state index in [0.717, 1.165) is 77.2 Å². The first-order chi connectivity index (χ1) is 36.2. The SMILES string of the molecule is CC(C)(C)c1ccc2c(c1)c1cc(C(C)(C)C)ccc1n2-c1ccc2c(-c3ccc4ccccc4n3)c3cc(-n4c5ccc(C(C)(C)C)cc5c5cc(C(C)(C)C)ccc54)ccc3c(-c3ccc4ccccc4n3)c2c1. The second kappa shape index (κ2) is 16.7. The largest absolute Gasteiger partial charge is 0.309 e. The summed E-state index contributed by atoms with van der Waals surface area (Å²) in [5.74, 6) is 0. The number of rotatable bonds is 4. The fourth-order valence-corrected chi connectivity index (χ4v) is 11.9. The molecule has 4 heterocycles. The Morgan fingerprint density at radius 1 is 0.276 bits per heavy atom. The quantitative estimate of drug-likeness (QED) is 0.165. The topological polar surface area (TPSA) is 35.6 Å². The van der Waals surface area contributed by atoms with Gasteiger partial charge in [-0.1, -0.05) is 168 Å². The zero-order chi connectivity index (χ0) is 52.8. The van der Waals surface area contributed by atoms with Crippen LogP contribution in [0.4, 0.5) is 0 Å². The van der Waals surface area contributed by atoms with Gasteiger partial charge in [0.2, 0.25) is 0 Å². The molecule has 13 aromatic rings. The van der Waals surface area contributed by atoms with Gasteiger partial charge in [0, 0.05) is 54.8 Å². The molecule has 0 radical (unpaired) electrons. The van der Waals surface area contributed by atoms with Crippen LogP contribution in [0.25, 0.3) is 121 Å². The Hall–Kier alpha value is -8.08. The number of nitrogens with zero attached hydrogens (tertiary/aromatic N) is 4. The minimum atomic E-state index is -0.00377. The van der Waals surface area contributed by atoms with Crippen LogP contribution < -0.4 is 0 Å². The van der Waals surface area contributed by atoms with E-state index >= 15 is 0 Å². The summed E-state index contributed by atoms with van der Waals surface area (Å²) in [7, 11) is 0. The molecule has 0 aliphatic carbocycles. The third-order valence-corrected chi connectivity index (χ3v) is 16.3. The first-order valence-electron chi connectivity index (χ1n) is 27.1. The molecule has 0 saturated carbocycles. The number of fused-ring (bicyclic) bond motifs is 10. The normalized spacial score (nSPS) is 13.0. The van der Waals surface area contributed by atoms with Crippen LogP contribution >= 0.6 is 0 Å². The van der Waals surface area contributed by atoms with Crippen molar-refractivity contribution < 1.29 is 0 Å². The number of aromatic nitrogens is 4. The average Bonchev–Trinajstić information content (AvgIpc) is 3.97. The molecule has 0 unspecified atom stereocenters. The standard InChI is InChI=1S/C72H66N4/c1-69(2,3)45-23-33-63-53(37-45)54-38-46(70(4,5)6)24-34-64(54)75(63)49-27-29-51-57(41-49)67(61-31-21-43-17-13-15-19-59(43)73-61)52-30-28-50(42-58(52)68(51)62-32-22-44-18-14-16-20-60(44)74-62)76-65-35-25-47(71(7,8)9)39-55(65)56-40-48(72(10,11)12)26-36-66(56)76/h13-42H,1-12H3. The highest BCUT2D eigenvalue weighted by Crippen LogP contribution is 2.47. The van der Waals surface area contributed by atoms with Crippen molar-refractivity contribution in [2.75, 3.05) is 0 Å². The zero-order valence-electron chi connectivity index (χ0n) is 46.1. The maximum Gasteiger partial charge on any atom is 0.0722 e. The van der Waals surface area contributed by atoms with Gasteiger partial charge in [0.15, 0.2) is 0 Å². The highest BCUT2D eigenvalue weighted by Gasteiger charge is 2.26. The van der Waals surface area contributed by atoms with Crippen molar-refractivity contribution in [3.63, 3.8) is 0 Å². The van der Waals surface area contributed by atoms with Crippen LogP contribution in [0.5, 0.6) is 0 Å². The molecule has 13 rings (SSSR count). The van der Waals surface area contributed by atoms with Crippen molar-refractivity contribution in [3.8, 4) is 33.9 Å². The lowest BCUT2D eigenvalue weighted by atomic mass is 9.85. The molecular weight excluding hydrogens is 921 g/mol. The van der Waals surface area contributed by atoms with E-state index in [1.165, 1.54) is 65.9 Å². The molecule has 0 aliphatic rings. The fraction of sp³-hybridized carbons (Fsp3) is 0.222. The Morgan fingerprint density at radius 2 is 0.592 bits per heavy atom. The molecule has 0 spiro atoms. The van der Waals surface area contributed by atoms with Gasteiger partial charge in [-0.2, -0.15) is 0 Å². The summed E-state index contributed by atoms with van der Waals surface area (Å²) in [6.45, 7) is 27.7. The lowest BCUT2D eigenvalue weighted by Crippen LogP contribution is -2.10. The van der Waals surface area contributed by atoms with Gasteiger partial charge in [-0.25, -0.2) is 9.97 Å². The van der Waals surface area contributed by atoms with Gasteiger partial charge in [-0.05, 0) is 163 Å². The molecule has 4 nitrogen and oxygen atoms in total. The van der Waals surface area contributed by atoms with E-state index in [1.54, 1.807) is 0 Å². The van der Waals surface area contributed by atoms with Gasteiger partial charge in [0.05, 0.1) is 44.5 Å². The number of para-hydroxylation sites is 2. The second-order valence-corrected chi connectivity index (χ2v) is 25.6. The summed E-state index contributed by atoms with van der Waals surface area (Å²) in [6, 6.07) is 68.5. The second-order valence-electron chi connectivity index (χ2n) is 25.6. The van der Waals surface area contributed by atoms with Crippen molar-refractivity contribution in [2.45, 2.75) is 105 Å². The fourth-order valence-electron chi connectivity index (χ4n) is 11.9. The predicted molar refractivity (Wildman–Crippen MR) is 326 cm³/mol. The Labute approximate surface area is 446 Å². The van der Waals surface area contributed by atoms with Gasteiger partial charge in [0.1, 0.15) is 0 Å². The molecule has 0 atom stereocenters. The van der Waals surface area contributed by atoms with Crippen molar-refractivity contribution in [1.82, 2.24) is 19.1 Å². The van der Waals surface area contributed by atoms with Crippen LogP contribution in [-0.4, -0.2) is 19.1 Å². The Kier molecular flexibility index (Phi) is 10.5. The number of pyridine rings is 2. The zero-order valence-corrected chi connectivity index (χ0v) is 46.1. The molecule has 0 aliphatic heterocycles. The van der Waals surface area contributed by atoms with Crippen LogP contribution in [0.15, 0.2) is 182 Å². The van der Waals surface area contributed by atoms with Gasteiger partial charge in [0.25, 0.3) is 0 Å². The summed E-state index contributed by atoms with van der Waals surface area (Å²) in [5.41, 5.74) is 18.3. The average molecular weight is 987 g/mol. The third kappa shape index (κ3) is 7.70. The molecule has 4 aromatic heterocycles. The van der Waals surface area contributed by atoms with Gasteiger partial charge in [-0.3, -0.25) is 0 Å². The van der Waals surface area contributed by atoms with E-state index in [4.69, 9.17) is 9.97 Å². The Bertz CT molecular complexity index is 4110. The summed E-state index contributed by atoms with van der Waals surface area (Å²) in [6.07, 6.45) is 0. The highest BCUT2D eigenvalue weighted by atomic mass is 15.0. The lowest BCUT2D eigenvalue weighted by Gasteiger charge is -2.21. The summed E-state index contributed by atoms with van der Waals surface area (Å²) >= 11 is 0. The molecule has 0 bridgehead atoms. The highest BCUT2D eigenvalue weighted by molar-refractivity contribution is 6.22. The molecular formula is C72H66N4. The minimum absolute atomic E-state index is 0.00377. The van der Waals surface area contributed by atoms with Crippen LogP contribution in [0, 0.1) is 0 Å². The maximum atomic E-state index is 5.53. The van der Waals surface area contributed by atoms with E-state index in [2.05, 4.69) is 274 Å². The van der Waals surface area contributed by atoms with E-state index in [9.17, 15) is 0 Å². The Morgan fingerprint density at radius 3 is 0.908 bits per heavy atom. The van der Waals surface area contributed by atoms with E-state index in [1.807, 2.05) is 0 Å². The van der Waals surface area contributed by atoms with Gasteiger partial charge < -0.3 is 9.13 Å². The first-order valence-corrected chi connectivity index (χ1v) is 27.1. The van der Waals surface area contributed by atoms with Crippen molar-refractivity contribution in [1.29, 1.82) is 0 Å². The molecule has 4 heteroatoms. The van der Waals surface area contributed by atoms with E-state index < -0.39 is 0 Å². The molecule has 0 N–H and O–H groups in total. The lowest BCUT2D eigenvalue weighted by molar-refractivity contribution is 0.590. The predicted octanol–water partition coefficient (Wildman–Crippen LogP) is 19.8. The monoisotopic (exact) mass is 987 g/mol. The van der Waals surface area contributed by atoms with Crippen molar-refractivity contribution in [3.05, 3.63) is 204 Å². The smallest absolute Gasteiger partial charge is 0.0722 e. The summed E-state index contributed by atoms with van der Waals surface area (Å²) in [5, 5.41) is 11.8. The van der Waals surface area contributed by atoms with Crippen LogP contribution in [0.3, 0.4) is 0 Å². The summed E-state index contributed by atoms with van der Waals surface area (Å²) < 4.78 is 4.97. The van der Waals surface area contributed by atoms with Crippen LogP contribution in [-0.2, 0) is 21.7 Å². The summed E-state index contributed by atoms with van der Waals surface area (Å²) in [4.78, 5) is 11.1. The molecule has 0 amide bonds. The van der Waals surface area contributed by atoms with Crippen molar-refractivity contribution >= 4 is 87.0 Å². The van der Waals surface area contributed by atoms with Crippen molar-refractivity contribution in [2.24, 2.45) is 0 Å². The first kappa shape index (κ1) is 47.6. The number of hydrogen-bond donors (Lipinski definition) is 0. The number of benzene rings is 9. The third-order valence-electron chi connectivity index (χ3n) is 16.3. The molecule has 0 fully saturated rings. The molecule has 76 heavy (non-hydrogen) atoms. The maximum absolute atomic E-state index is 5.53. The number of hydrogen-bond acceptors (Lipinski definition) is 2. The Balaban J connectivity index is 1.16. The minimum Gasteiger partial charge on any atom is -0.309 e. The van der Waals surface area contributed by atoms with E-state index in [0.29, 0.717) is 0 Å². The van der Waals surface area contributed by atoms with Gasteiger partial charge >= 0.3 is 0 Å². The molecule has 9 aromatic carbocycles. The van der Waals surface area contributed by atoms with Crippen LogP contribution in [0.2, 0.25) is 0 Å². The molecule has 0 saturated heterocycles. The van der Waals surface area contributed by atoms with E-state index in [-0.39, 0.29) is 21.7 Å². The van der Waals surface area contributed by atoms with Gasteiger partial charge in [-0.15, -0.1) is 0 Å². The van der Waals surface area contributed by atoms with Crippen LogP contribution in [0.1, 0.15) is 105 Å².